The number of thioether (sulfide) groups is 1. The number of anilines is 1. The largest absolute Gasteiger partial charge is 0.366 e. The number of hydrogen-bond acceptors (Lipinski definition) is 4. The molecule has 0 bridgehead atoms. The number of nitrogens with two attached hydrogens (primary N) is 1. The van der Waals surface area contributed by atoms with Gasteiger partial charge < -0.3 is 16.4 Å². The molecule has 1 aromatic carbocycles. The summed E-state index contributed by atoms with van der Waals surface area (Å²) < 4.78 is 13.6. The Morgan fingerprint density at radius 2 is 2.30 bits per heavy atom. The van der Waals surface area contributed by atoms with Gasteiger partial charge in [-0.05, 0) is 18.2 Å². The normalized spacial score (nSPS) is 18.6. The van der Waals surface area contributed by atoms with E-state index in [1.807, 2.05) is 0 Å². The highest BCUT2D eigenvalue weighted by atomic mass is 32.2. The molecular weight excluding hydrogens is 281 g/mol. The summed E-state index contributed by atoms with van der Waals surface area (Å²) in [7, 11) is 0. The van der Waals surface area contributed by atoms with E-state index in [1.165, 1.54) is 12.1 Å². The molecule has 2 amide bonds. The van der Waals surface area contributed by atoms with Gasteiger partial charge in [0.1, 0.15) is 5.82 Å². The zero-order valence-electron chi connectivity index (χ0n) is 10.8. The van der Waals surface area contributed by atoms with Crippen LogP contribution in [0.4, 0.5) is 10.1 Å². The fourth-order valence-electron chi connectivity index (χ4n) is 1.95. The van der Waals surface area contributed by atoms with E-state index in [1.54, 1.807) is 11.8 Å². The first-order chi connectivity index (χ1) is 9.56. The predicted octanol–water partition coefficient (Wildman–Crippen LogP) is 0.958. The number of carbonyl (C=O) groups excluding carboxylic acids is 2. The quantitative estimate of drug-likeness (QED) is 0.773. The number of amides is 2. The average Bonchev–Trinajstić information content (AvgIpc) is 2.42. The lowest BCUT2D eigenvalue weighted by atomic mass is 10.1. The molecule has 1 aliphatic rings. The lowest BCUT2D eigenvalue weighted by Gasteiger charge is -2.22. The second-order valence-corrected chi connectivity index (χ2v) is 5.69. The lowest BCUT2D eigenvalue weighted by Crippen LogP contribution is -2.40. The van der Waals surface area contributed by atoms with E-state index in [9.17, 15) is 14.0 Å². The van der Waals surface area contributed by atoms with Crippen LogP contribution in [-0.2, 0) is 4.79 Å². The van der Waals surface area contributed by atoms with Gasteiger partial charge in [0, 0.05) is 36.1 Å². The smallest absolute Gasteiger partial charge is 0.248 e. The molecule has 0 spiro atoms. The first-order valence-corrected chi connectivity index (χ1v) is 7.42. The molecule has 4 N–H and O–H groups in total. The highest BCUT2D eigenvalue weighted by Gasteiger charge is 2.18. The van der Waals surface area contributed by atoms with Crippen molar-refractivity contribution in [3.63, 3.8) is 0 Å². The minimum Gasteiger partial charge on any atom is -0.366 e. The molecule has 2 rings (SSSR count). The molecule has 0 saturated carbocycles. The number of primary amides is 1. The van der Waals surface area contributed by atoms with Gasteiger partial charge in [-0.1, -0.05) is 0 Å². The van der Waals surface area contributed by atoms with E-state index in [4.69, 9.17) is 5.73 Å². The van der Waals surface area contributed by atoms with E-state index in [0.717, 1.165) is 24.1 Å². The second kappa shape index (κ2) is 6.71. The van der Waals surface area contributed by atoms with Crippen molar-refractivity contribution in [2.24, 2.45) is 5.73 Å². The van der Waals surface area contributed by atoms with Crippen LogP contribution in [0, 0.1) is 5.82 Å². The SMILES string of the molecule is NC(=O)c1ccc(F)c(NC(=O)CC2CSCCN2)c1. The van der Waals surface area contributed by atoms with Gasteiger partial charge in [-0.2, -0.15) is 11.8 Å². The number of carbonyl (C=O) groups is 2. The van der Waals surface area contributed by atoms with Gasteiger partial charge in [-0.3, -0.25) is 9.59 Å². The summed E-state index contributed by atoms with van der Waals surface area (Å²) >= 11 is 1.78. The van der Waals surface area contributed by atoms with Gasteiger partial charge in [-0.15, -0.1) is 0 Å². The molecule has 20 heavy (non-hydrogen) atoms. The van der Waals surface area contributed by atoms with Crippen LogP contribution in [0.5, 0.6) is 0 Å². The molecule has 1 aromatic rings. The zero-order valence-corrected chi connectivity index (χ0v) is 11.6. The van der Waals surface area contributed by atoms with E-state index in [2.05, 4.69) is 10.6 Å². The molecule has 5 nitrogen and oxygen atoms in total. The number of nitrogens with one attached hydrogen (secondary N) is 2. The topological polar surface area (TPSA) is 84.2 Å². The van der Waals surface area contributed by atoms with Gasteiger partial charge in [0.15, 0.2) is 0 Å². The molecule has 1 aliphatic heterocycles. The van der Waals surface area contributed by atoms with Gasteiger partial charge in [0.25, 0.3) is 0 Å². The molecule has 7 heteroatoms. The first-order valence-electron chi connectivity index (χ1n) is 6.26. The summed E-state index contributed by atoms with van der Waals surface area (Å²) in [5.74, 6) is 0.357. The van der Waals surface area contributed by atoms with Crippen LogP contribution in [0.1, 0.15) is 16.8 Å². The highest BCUT2D eigenvalue weighted by Crippen LogP contribution is 2.17. The zero-order chi connectivity index (χ0) is 14.5. The fourth-order valence-corrected chi connectivity index (χ4v) is 2.90. The molecule has 1 heterocycles. The Kier molecular flexibility index (Phi) is 4.97. The van der Waals surface area contributed by atoms with Crippen molar-refractivity contribution in [1.29, 1.82) is 0 Å². The van der Waals surface area contributed by atoms with Crippen molar-refractivity contribution >= 4 is 29.3 Å². The third-order valence-corrected chi connectivity index (χ3v) is 4.09. The van der Waals surface area contributed by atoms with Crippen molar-refractivity contribution in [3.05, 3.63) is 29.6 Å². The van der Waals surface area contributed by atoms with Crippen molar-refractivity contribution < 1.29 is 14.0 Å². The monoisotopic (exact) mass is 297 g/mol. The standard InChI is InChI=1S/C13H16FN3O2S/c14-10-2-1-8(13(15)19)5-11(10)17-12(18)6-9-7-20-4-3-16-9/h1-2,5,9,16H,3-4,6-7H2,(H2,15,19)(H,17,18). The summed E-state index contributed by atoms with van der Waals surface area (Å²) in [6.07, 6.45) is 0.271. The number of hydrogen-bond donors (Lipinski definition) is 3. The third-order valence-electron chi connectivity index (χ3n) is 2.96. The molecule has 1 saturated heterocycles. The minimum atomic E-state index is -0.661. The maximum atomic E-state index is 13.6. The van der Waals surface area contributed by atoms with E-state index < -0.39 is 11.7 Å². The number of benzene rings is 1. The molecule has 1 fully saturated rings. The molecule has 108 valence electrons. The van der Waals surface area contributed by atoms with Crippen LogP contribution in [0.3, 0.4) is 0 Å². The number of halogens is 1. The fraction of sp³-hybridized carbons (Fsp3) is 0.385. The Bertz CT molecular complexity index is 518. The summed E-state index contributed by atoms with van der Waals surface area (Å²) in [5, 5.41) is 5.71. The van der Waals surface area contributed by atoms with E-state index in [0.29, 0.717) is 0 Å². The minimum absolute atomic E-state index is 0.0187. The van der Waals surface area contributed by atoms with E-state index in [-0.39, 0.29) is 29.6 Å². The molecular formula is C13H16FN3O2S. The van der Waals surface area contributed by atoms with Crippen molar-refractivity contribution in [3.8, 4) is 0 Å². The van der Waals surface area contributed by atoms with Gasteiger partial charge in [-0.25, -0.2) is 4.39 Å². The maximum absolute atomic E-state index is 13.6. The Morgan fingerprint density at radius 1 is 1.50 bits per heavy atom. The maximum Gasteiger partial charge on any atom is 0.248 e. The van der Waals surface area contributed by atoms with Crippen LogP contribution in [0.25, 0.3) is 0 Å². The third kappa shape index (κ3) is 3.94. The van der Waals surface area contributed by atoms with Gasteiger partial charge >= 0.3 is 0 Å². The first kappa shape index (κ1) is 14.8. The summed E-state index contributed by atoms with van der Waals surface area (Å²) in [5.41, 5.74) is 5.27. The van der Waals surface area contributed by atoms with Gasteiger partial charge in [0.2, 0.25) is 11.8 Å². The van der Waals surface area contributed by atoms with Gasteiger partial charge in [0.05, 0.1) is 5.69 Å². The molecule has 1 atom stereocenters. The van der Waals surface area contributed by atoms with Crippen LogP contribution >= 0.6 is 11.8 Å². The van der Waals surface area contributed by atoms with Crippen molar-refractivity contribution in [2.45, 2.75) is 12.5 Å². The average molecular weight is 297 g/mol. The Morgan fingerprint density at radius 3 is 2.95 bits per heavy atom. The molecule has 0 aromatic heterocycles. The summed E-state index contributed by atoms with van der Waals surface area (Å²) in [6.45, 7) is 0.869. The second-order valence-electron chi connectivity index (χ2n) is 4.54. The van der Waals surface area contributed by atoms with Crippen LogP contribution in [-0.4, -0.2) is 35.9 Å². The molecule has 0 aliphatic carbocycles. The van der Waals surface area contributed by atoms with E-state index >= 15 is 0 Å². The van der Waals surface area contributed by atoms with Crippen molar-refractivity contribution in [1.82, 2.24) is 5.32 Å². The highest BCUT2D eigenvalue weighted by molar-refractivity contribution is 7.99. The number of rotatable bonds is 4. The van der Waals surface area contributed by atoms with Crippen LogP contribution in [0.15, 0.2) is 18.2 Å². The Labute approximate surface area is 120 Å². The van der Waals surface area contributed by atoms with Crippen LogP contribution in [0.2, 0.25) is 0 Å². The summed E-state index contributed by atoms with van der Waals surface area (Å²) in [6, 6.07) is 3.74. The predicted molar refractivity (Wildman–Crippen MR) is 77.3 cm³/mol. The van der Waals surface area contributed by atoms with Crippen molar-refractivity contribution in [2.75, 3.05) is 23.4 Å². The van der Waals surface area contributed by atoms with Crippen LogP contribution < -0.4 is 16.4 Å². The molecule has 0 radical (unpaired) electrons. The lowest BCUT2D eigenvalue weighted by molar-refractivity contribution is -0.116. The molecule has 1 unspecified atom stereocenters. The Balaban J connectivity index is 1.99. The Hall–Kier alpha value is -1.60. The summed E-state index contributed by atoms with van der Waals surface area (Å²) in [4.78, 5) is 22.9.